The number of carbonyl (C=O) groups is 1. The first-order valence-electron chi connectivity index (χ1n) is 7.41. The summed E-state index contributed by atoms with van der Waals surface area (Å²) >= 11 is 12.0. The second-order valence-corrected chi connectivity index (χ2v) is 6.14. The maximum Gasteiger partial charge on any atom is 0.224 e. The van der Waals surface area contributed by atoms with Gasteiger partial charge in [0.15, 0.2) is 0 Å². The smallest absolute Gasteiger partial charge is 0.224 e. The minimum Gasteiger partial charge on any atom is -0.356 e. The first-order chi connectivity index (χ1) is 10.9. The number of nitrogens with zero attached hydrogens (tertiary/aromatic N) is 2. The van der Waals surface area contributed by atoms with Gasteiger partial charge in [0.25, 0.3) is 0 Å². The van der Waals surface area contributed by atoms with Gasteiger partial charge >= 0.3 is 0 Å². The monoisotopic (exact) mass is 354 g/mol. The summed E-state index contributed by atoms with van der Waals surface area (Å²) in [7, 11) is 0. The van der Waals surface area contributed by atoms with E-state index in [-0.39, 0.29) is 5.91 Å². The van der Waals surface area contributed by atoms with E-state index < -0.39 is 0 Å². The lowest BCUT2D eigenvalue weighted by molar-refractivity contribution is -0.120. The molecule has 23 heavy (non-hydrogen) atoms. The summed E-state index contributed by atoms with van der Waals surface area (Å²) < 4.78 is 1.78. The molecule has 0 aliphatic heterocycles. The summed E-state index contributed by atoms with van der Waals surface area (Å²) in [6, 6.07) is 5.34. The molecule has 0 bridgehead atoms. The van der Waals surface area contributed by atoms with E-state index in [1.165, 1.54) is 0 Å². The lowest BCUT2D eigenvalue weighted by Gasteiger charge is -2.07. The van der Waals surface area contributed by atoms with Gasteiger partial charge in [0.05, 0.1) is 27.8 Å². The van der Waals surface area contributed by atoms with E-state index in [0.717, 1.165) is 29.1 Å². The molecule has 0 saturated heterocycles. The molecule has 7 heteroatoms. The molecule has 5 nitrogen and oxygen atoms in total. The summed E-state index contributed by atoms with van der Waals surface area (Å²) in [4.78, 5) is 12.0. The second kappa shape index (κ2) is 7.81. The van der Waals surface area contributed by atoms with Crippen molar-refractivity contribution >= 4 is 29.1 Å². The lowest BCUT2D eigenvalue weighted by Crippen LogP contribution is -2.27. The van der Waals surface area contributed by atoms with E-state index in [1.807, 2.05) is 19.9 Å². The molecule has 0 atom stereocenters. The zero-order valence-corrected chi connectivity index (χ0v) is 14.7. The van der Waals surface area contributed by atoms with Gasteiger partial charge in [-0.1, -0.05) is 23.2 Å². The average Bonchev–Trinajstić information content (AvgIpc) is 2.78. The molecule has 0 fully saturated rings. The van der Waals surface area contributed by atoms with E-state index in [1.54, 1.807) is 16.8 Å². The third-order valence-corrected chi connectivity index (χ3v) is 4.37. The van der Waals surface area contributed by atoms with Crippen LogP contribution in [-0.4, -0.2) is 28.8 Å². The quantitative estimate of drug-likeness (QED) is 0.783. The summed E-state index contributed by atoms with van der Waals surface area (Å²) in [5.41, 5.74) is 8.89. The number of aryl methyl sites for hydroxylation is 1. The van der Waals surface area contributed by atoms with Gasteiger partial charge in [0.2, 0.25) is 5.91 Å². The van der Waals surface area contributed by atoms with Gasteiger partial charge in [-0.3, -0.25) is 4.79 Å². The Morgan fingerprint density at radius 2 is 2.04 bits per heavy atom. The molecule has 0 aliphatic rings. The Hall–Kier alpha value is -1.56. The number of hydrogen-bond donors (Lipinski definition) is 2. The molecular weight excluding hydrogens is 335 g/mol. The van der Waals surface area contributed by atoms with E-state index >= 15 is 0 Å². The van der Waals surface area contributed by atoms with E-state index in [2.05, 4.69) is 10.4 Å². The summed E-state index contributed by atoms with van der Waals surface area (Å²) in [6.45, 7) is 4.98. The molecule has 0 spiro atoms. The summed E-state index contributed by atoms with van der Waals surface area (Å²) in [5.74, 6) is -0.0293. The zero-order valence-electron chi connectivity index (χ0n) is 13.2. The fraction of sp³-hybridized carbons (Fsp3) is 0.375. The van der Waals surface area contributed by atoms with Crippen molar-refractivity contribution in [3.05, 3.63) is 45.2 Å². The van der Waals surface area contributed by atoms with E-state index in [0.29, 0.717) is 29.6 Å². The Balaban J connectivity index is 2.22. The molecule has 0 unspecified atom stereocenters. The van der Waals surface area contributed by atoms with Crippen molar-refractivity contribution < 1.29 is 4.79 Å². The van der Waals surface area contributed by atoms with Crippen molar-refractivity contribution in [2.24, 2.45) is 5.73 Å². The van der Waals surface area contributed by atoms with Crippen LogP contribution in [0.25, 0.3) is 5.69 Å². The average molecular weight is 355 g/mol. The van der Waals surface area contributed by atoms with Gasteiger partial charge in [-0.15, -0.1) is 0 Å². The Labute approximate surface area is 145 Å². The highest BCUT2D eigenvalue weighted by molar-refractivity contribution is 6.42. The highest BCUT2D eigenvalue weighted by atomic mass is 35.5. The second-order valence-electron chi connectivity index (χ2n) is 5.33. The predicted octanol–water partition coefficient (Wildman–Crippen LogP) is 2.80. The summed E-state index contributed by atoms with van der Waals surface area (Å²) in [6.07, 6.45) is 1.07. The highest BCUT2D eigenvalue weighted by Gasteiger charge is 2.16. The molecule has 2 rings (SSSR count). The molecule has 1 amide bonds. The van der Waals surface area contributed by atoms with Gasteiger partial charge in [0.1, 0.15) is 0 Å². The predicted molar refractivity (Wildman–Crippen MR) is 93.4 cm³/mol. The topological polar surface area (TPSA) is 72.9 Å². The molecule has 1 aromatic carbocycles. The number of amides is 1. The van der Waals surface area contributed by atoms with Crippen LogP contribution >= 0.6 is 23.2 Å². The third kappa shape index (κ3) is 4.25. The number of halogens is 2. The van der Waals surface area contributed by atoms with Crippen LogP contribution in [-0.2, 0) is 11.2 Å². The SMILES string of the molecule is Cc1nn(-c2ccc(Cl)c(Cl)c2)c(C)c1CC(=O)NCCCN. The minimum absolute atomic E-state index is 0.0293. The molecule has 3 N–H and O–H groups in total. The zero-order chi connectivity index (χ0) is 17.0. The van der Waals surface area contributed by atoms with Crippen LogP contribution in [0.1, 0.15) is 23.4 Å². The van der Waals surface area contributed by atoms with Gasteiger partial charge < -0.3 is 11.1 Å². The van der Waals surface area contributed by atoms with Crippen molar-refractivity contribution in [1.29, 1.82) is 0 Å². The molecular formula is C16H20Cl2N4O. The normalized spacial score (nSPS) is 10.8. The molecule has 1 heterocycles. The van der Waals surface area contributed by atoms with Crippen LogP contribution in [0.5, 0.6) is 0 Å². The maximum absolute atomic E-state index is 12.0. The standard InChI is InChI=1S/C16H20Cl2N4O/c1-10-13(9-16(23)20-7-3-6-19)11(2)22(21-10)12-4-5-14(17)15(18)8-12/h4-5,8H,3,6-7,9,19H2,1-2H3,(H,20,23). The first kappa shape index (κ1) is 17.8. The van der Waals surface area contributed by atoms with E-state index in [4.69, 9.17) is 28.9 Å². The number of benzene rings is 1. The fourth-order valence-corrected chi connectivity index (χ4v) is 2.64. The maximum atomic E-state index is 12.0. The number of nitrogens with one attached hydrogen (secondary N) is 1. The molecule has 0 saturated carbocycles. The van der Waals surface area contributed by atoms with Crippen LogP contribution in [0.2, 0.25) is 10.0 Å². The van der Waals surface area contributed by atoms with Crippen molar-refractivity contribution in [1.82, 2.24) is 15.1 Å². The van der Waals surface area contributed by atoms with Crippen molar-refractivity contribution in [3.63, 3.8) is 0 Å². The molecule has 2 aromatic rings. The van der Waals surface area contributed by atoms with E-state index in [9.17, 15) is 4.79 Å². The highest BCUT2D eigenvalue weighted by Crippen LogP contribution is 2.26. The number of nitrogens with two attached hydrogens (primary N) is 1. The van der Waals surface area contributed by atoms with Gasteiger partial charge in [-0.25, -0.2) is 4.68 Å². The Morgan fingerprint density at radius 1 is 1.30 bits per heavy atom. The Bertz CT molecular complexity index is 712. The van der Waals surface area contributed by atoms with Crippen LogP contribution < -0.4 is 11.1 Å². The van der Waals surface area contributed by atoms with Crippen LogP contribution in [0, 0.1) is 13.8 Å². The first-order valence-corrected chi connectivity index (χ1v) is 8.17. The van der Waals surface area contributed by atoms with Gasteiger partial charge in [-0.2, -0.15) is 5.10 Å². The number of hydrogen-bond acceptors (Lipinski definition) is 3. The molecule has 124 valence electrons. The third-order valence-electron chi connectivity index (χ3n) is 3.63. The summed E-state index contributed by atoms with van der Waals surface area (Å²) in [5, 5.41) is 8.34. The van der Waals surface area contributed by atoms with Gasteiger partial charge in [-0.05, 0) is 45.0 Å². The van der Waals surface area contributed by atoms with Crippen LogP contribution in [0.15, 0.2) is 18.2 Å². The number of rotatable bonds is 6. The Morgan fingerprint density at radius 3 is 2.70 bits per heavy atom. The van der Waals surface area contributed by atoms with Crippen LogP contribution in [0.3, 0.4) is 0 Å². The van der Waals surface area contributed by atoms with Crippen molar-refractivity contribution in [2.75, 3.05) is 13.1 Å². The largest absolute Gasteiger partial charge is 0.356 e. The molecule has 0 aliphatic carbocycles. The minimum atomic E-state index is -0.0293. The number of carbonyl (C=O) groups excluding carboxylic acids is 1. The number of aromatic nitrogens is 2. The molecule has 0 radical (unpaired) electrons. The molecule has 1 aromatic heterocycles. The van der Waals surface area contributed by atoms with Gasteiger partial charge in [0, 0.05) is 17.8 Å². The fourth-order valence-electron chi connectivity index (χ4n) is 2.35. The van der Waals surface area contributed by atoms with Crippen molar-refractivity contribution in [2.45, 2.75) is 26.7 Å². The Kier molecular flexibility index (Phi) is 6.04. The van der Waals surface area contributed by atoms with Crippen molar-refractivity contribution in [3.8, 4) is 5.69 Å². The van der Waals surface area contributed by atoms with Crippen LogP contribution in [0.4, 0.5) is 0 Å². The lowest BCUT2D eigenvalue weighted by atomic mass is 10.1.